The van der Waals surface area contributed by atoms with Gasteiger partial charge < -0.3 is 24.3 Å². The first-order valence-corrected chi connectivity index (χ1v) is 12.9. The number of thiocarbonyl (C=S) groups is 1. The van der Waals surface area contributed by atoms with Crippen molar-refractivity contribution in [2.45, 2.75) is 39.4 Å². The van der Waals surface area contributed by atoms with Crippen molar-refractivity contribution in [3.05, 3.63) is 107 Å². The summed E-state index contributed by atoms with van der Waals surface area (Å²) < 4.78 is 13.8. The monoisotopic (exact) mass is 512 g/mol. The third-order valence-corrected chi connectivity index (χ3v) is 7.30. The summed E-state index contributed by atoms with van der Waals surface area (Å²) in [5.74, 6) is 1.64. The average molecular weight is 513 g/mol. The summed E-state index contributed by atoms with van der Waals surface area (Å²) >= 11 is 5.91. The number of nitrogens with one attached hydrogen (secondary N) is 1. The topological polar surface area (TPSA) is 51.5 Å². The lowest BCUT2D eigenvalue weighted by molar-refractivity contribution is 0.186. The van der Waals surface area contributed by atoms with Crippen LogP contribution in [0.15, 0.2) is 79.0 Å². The molecule has 1 saturated heterocycles. The highest BCUT2D eigenvalue weighted by Crippen LogP contribution is 2.43. The number of benzene rings is 2. The van der Waals surface area contributed by atoms with Gasteiger partial charge in [0.15, 0.2) is 5.11 Å². The van der Waals surface area contributed by atoms with E-state index in [4.69, 9.17) is 21.7 Å². The van der Waals surface area contributed by atoms with Crippen molar-refractivity contribution in [1.29, 1.82) is 0 Å². The number of aromatic nitrogens is 2. The van der Waals surface area contributed by atoms with E-state index in [1.54, 1.807) is 7.11 Å². The maximum Gasteiger partial charge on any atom is 0.174 e. The molecule has 2 aromatic carbocycles. The van der Waals surface area contributed by atoms with Gasteiger partial charge in [0.2, 0.25) is 0 Å². The van der Waals surface area contributed by atoms with Crippen molar-refractivity contribution in [2.24, 2.45) is 0 Å². The van der Waals surface area contributed by atoms with Gasteiger partial charge in [0.25, 0.3) is 0 Å². The zero-order valence-electron chi connectivity index (χ0n) is 21.6. The Morgan fingerprint density at radius 2 is 1.73 bits per heavy atom. The Hall–Kier alpha value is -3.68. The first-order valence-electron chi connectivity index (χ1n) is 12.5. The van der Waals surface area contributed by atoms with Gasteiger partial charge in [0.1, 0.15) is 11.5 Å². The van der Waals surface area contributed by atoms with Gasteiger partial charge in [-0.1, -0.05) is 24.3 Å². The standard InChI is InChI=1S/C30H32N4O2S/c1-20-9-5-6-11-27(20)36-24-14-12-23(13-15-24)34-29(25-19-21(2)33(22(25)3)17-18-35-4)28(32-30(34)37)26-10-7-8-16-31-26/h5-16,19,28-29H,17-18H2,1-4H3,(H,32,37)/t28-,29-/m0/s1. The molecule has 0 aliphatic carbocycles. The summed E-state index contributed by atoms with van der Waals surface area (Å²) in [5, 5.41) is 4.23. The number of methoxy groups -OCH3 is 1. The number of hydrogen-bond acceptors (Lipinski definition) is 4. The van der Waals surface area contributed by atoms with Crippen LogP contribution in [0.2, 0.25) is 0 Å². The second-order valence-electron chi connectivity index (χ2n) is 9.33. The normalized spacial score (nSPS) is 17.2. The Morgan fingerprint density at radius 3 is 2.43 bits per heavy atom. The quantitative estimate of drug-likeness (QED) is 0.275. The predicted octanol–water partition coefficient (Wildman–Crippen LogP) is 6.42. The lowest BCUT2D eigenvalue weighted by atomic mass is 9.96. The average Bonchev–Trinajstić information content (AvgIpc) is 3.40. The molecular formula is C30H32N4O2S. The van der Waals surface area contributed by atoms with Crippen LogP contribution in [-0.2, 0) is 11.3 Å². The van der Waals surface area contributed by atoms with E-state index in [0.717, 1.165) is 35.0 Å². The van der Waals surface area contributed by atoms with Gasteiger partial charge in [0, 0.05) is 36.9 Å². The summed E-state index contributed by atoms with van der Waals surface area (Å²) in [7, 11) is 1.74. The fourth-order valence-corrected chi connectivity index (χ4v) is 5.42. The third-order valence-electron chi connectivity index (χ3n) is 6.98. The number of ether oxygens (including phenoxy) is 2. The van der Waals surface area contributed by atoms with Crippen LogP contribution in [-0.4, -0.2) is 28.4 Å². The molecule has 190 valence electrons. The van der Waals surface area contributed by atoms with Gasteiger partial charge in [-0.25, -0.2) is 0 Å². The molecule has 5 rings (SSSR count). The smallest absolute Gasteiger partial charge is 0.174 e. The second-order valence-corrected chi connectivity index (χ2v) is 9.72. The minimum atomic E-state index is -0.0898. The fourth-order valence-electron chi connectivity index (χ4n) is 5.08. The van der Waals surface area contributed by atoms with Gasteiger partial charge in [-0.2, -0.15) is 0 Å². The number of nitrogens with zero attached hydrogens (tertiary/aromatic N) is 3. The summed E-state index contributed by atoms with van der Waals surface area (Å²) in [5.41, 5.74) is 6.68. The molecule has 37 heavy (non-hydrogen) atoms. The Kier molecular flexibility index (Phi) is 7.26. The molecule has 2 aromatic heterocycles. The molecule has 0 saturated carbocycles. The SMILES string of the molecule is COCCn1c(C)cc([C@H]2[C@H](c3ccccn3)NC(=S)N2c2ccc(Oc3ccccc3C)cc2)c1C. The van der Waals surface area contributed by atoms with Crippen molar-refractivity contribution in [3.8, 4) is 11.5 Å². The Morgan fingerprint density at radius 1 is 0.973 bits per heavy atom. The molecule has 3 heterocycles. The van der Waals surface area contributed by atoms with Crippen molar-refractivity contribution in [1.82, 2.24) is 14.9 Å². The molecule has 0 bridgehead atoms. The molecule has 4 aromatic rings. The molecule has 0 spiro atoms. The summed E-state index contributed by atoms with van der Waals surface area (Å²) in [6.07, 6.45) is 1.83. The number of para-hydroxylation sites is 1. The van der Waals surface area contributed by atoms with Gasteiger partial charge in [-0.3, -0.25) is 4.98 Å². The molecule has 1 aliphatic rings. The Bertz CT molecular complexity index is 1380. The van der Waals surface area contributed by atoms with Crippen LogP contribution in [0.3, 0.4) is 0 Å². The summed E-state index contributed by atoms with van der Waals surface area (Å²) in [6.45, 7) is 7.82. The number of anilines is 1. The van der Waals surface area contributed by atoms with E-state index in [-0.39, 0.29) is 12.1 Å². The van der Waals surface area contributed by atoms with Crippen LogP contribution in [0.1, 0.15) is 40.3 Å². The molecule has 1 N–H and O–H groups in total. The summed E-state index contributed by atoms with van der Waals surface area (Å²) in [6, 6.07) is 24.3. The van der Waals surface area contributed by atoms with Gasteiger partial charge >= 0.3 is 0 Å². The van der Waals surface area contributed by atoms with Crippen LogP contribution in [0, 0.1) is 20.8 Å². The maximum absolute atomic E-state index is 6.14. The van der Waals surface area contributed by atoms with E-state index in [9.17, 15) is 0 Å². The van der Waals surface area contributed by atoms with Crippen LogP contribution < -0.4 is 15.0 Å². The third kappa shape index (κ3) is 4.97. The molecule has 2 atom stereocenters. The highest BCUT2D eigenvalue weighted by molar-refractivity contribution is 7.80. The van der Waals surface area contributed by atoms with Crippen LogP contribution in [0.5, 0.6) is 11.5 Å². The van der Waals surface area contributed by atoms with Crippen LogP contribution >= 0.6 is 12.2 Å². The van der Waals surface area contributed by atoms with Gasteiger partial charge in [-0.15, -0.1) is 0 Å². The second kappa shape index (κ2) is 10.7. The molecule has 1 fully saturated rings. The first-order chi connectivity index (χ1) is 18.0. The van der Waals surface area contributed by atoms with Gasteiger partial charge in [-0.05, 0) is 92.6 Å². The fraction of sp³-hybridized carbons (Fsp3) is 0.267. The molecule has 1 aliphatic heterocycles. The van der Waals surface area contributed by atoms with Crippen molar-refractivity contribution >= 4 is 23.0 Å². The largest absolute Gasteiger partial charge is 0.457 e. The van der Waals surface area contributed by atoms with Crippen molar-refractivity contribution in [3.63, 3.8) is 0 Å². The molecule has 6 nitrogen and oxygen atoms in total. The van der Waals surface area contributed by atoms with E-state index in [2.05, 4.69) is 57.9 Å². The maximum atomic E-state index is 6.14. The van der Waals surface area contributed by atoms with Crippen LogP contribution in [0.25, 0.3) is 0 Å². The number of pyridine rings is 1. The zero-order valence-corrected chi connectivity index (χ0v) is 22.5. The molecule has 0 amide bonds. The van der Waals surface area contributed by atoms with E-state index < -0.39 is 0 Å². The molecule has 0 unspecified atom stereocenters. The number of rotatable bonds is 8. The first kappa shape index (κ1) is 25.0. The van der Waals surface area contributed by atoms with E-state index >= 15 is 0 Å². The van der Waals surface area contributed by atoms with Gasteiger partial charge in [0.05, 0.1) is 24.4 Å². The molecule has 7 heteroatoms. The van der Waals surface area contributed by atoms with Crippen molar-refractivity contribution in [2.75, 3.05) is 18.6 Å². The lowest BCUT2D eigenvalue weighted by Gasteiger charge is -2.28. The highest BCUT2D eigenvalue weighted by atomic mass is 32.1. The zero-order chi connectivity index (χ0) is 25.9. The van der Waals surface area contributed by atoms with E-state index in [1.807, 2.05) is 61.7 Å². The Labute approximate surface area is 223 Å². The van der Waals surface area contributed by atoms with E-state index in [0.29, 0.717) is 11.7 Å². The lowest BCUT2D eigenvalue weighted by Crippen LogP contribution is -2.29. The van der Waals surface area contributed by atoms with Crippen molar-refractivity contribution < 1.29 is 9.47 Å². The predicted molar refractivity (Wildman–Crippen MR) is 151 cm³/mol. The highest BCUT2D eigenvalue weighted by Gasteiger charge is 2.42. The number of aryl methyl sites for hydroxylation is 2. The Balaban J connectivity index is 1.52. The molecular weight excluding hydrogens is 480 g/mol. The number of hydrogen-bond donors (Lipinski definition) is 1. The minimum absolute atomic E-state index is 0.0620. The van der Waals surface area contributed by atoms with E-state index in [1.165, 1.54) is 17.0 Å². The molecule has 0 radical (unpaired) electrons. The minimum Gasteiger partial charge on any atom is -0.457 e. The summed E-state index contributed by atoms with van der Waals surface area (Å²) in [4.78, 5) is 6.88. The van der Waals surface area contributed by atoms with Crippen LogP contribution in [0.4, 0.5) is 5.69 Å².